The second-order valence-corrected chi connectivity index (χ2v) is 4.68. The van der Waals surface area contributed by atoms with Gasteiger partial charge in [-0.25, -0.2) is 10.1 Å². The van der Waals surface area contributed by atoms with Crippen LogP contribution in [-0.2, 0) is 10.1 Å². The van der Waals surface area contributed by atoms with Crippen LogP contribution in [0.15, 0.2) is 35.7 Å². The van der Waals surface area contributed by atoms with Crippen LogP contribution in [0.3, 0.4) is 0 Å². The summed E-state index contributed by atoms with van der Waals surface area (Å²) >= 11 is 5.65. The van der Waals surface area contributed by atoms with Crippen LogP contribution < -0.4 is 4.18 Å². The van der Waals surface area contributed by atoms with Gasteiger partial charge >= 0.3 is 10.1 Å². The Morgan fingerprint density at radius 2 is 1.94 bits per heavy atom. The second-order valence-electron chi connectivity index (χ2n) is 2.78. The van der Waals surface area contributed by atoms with Crippen LogP contribution in [-0.4, -0.2) is 23.6 Å². The first-order valence-electron chi connectivity index (χ1n) is 4.13. The molecular formula is C8H6ClN3O3S. The van der Waals surface area contributed by atoms with Gasteiger partial charge in [0.2, 0.25) is 0 Å². The van der Waals surface area contributed by atoms with Crippen molar-refractivity contribution in [2.24, 2.45) is 0 Å². The number of nitrogens with zero attached hydrogens (tertiary/aromatic N) is 2. The summed E-state index contributed by atoms with van der Waals surface area (Å²) in [5.41, 5.74) is 0. The van der Waals surface area contributed by atoms with E-state index in [1.807, 2.05) is 0 Å². The van der Waals surface area contributed by atoms with Gasteiger partial charge in [-0.2, -0.15) is 13.5 Å². The largest absolute Gasteiger partial charge is 0.377 e. The summed E-state index contributed by atoms with van der Waals surface area (Å²) in [6.07, 6.45) is 1.08. The van der Waals surface area contributed by atoms with E-state index in [0.717, 1.165) is 6.33 Å². The molecule has 0 amide bonds. The van der Waals surface area contributed by atoms with Crippen LogP contribution >= 0.6 is 11.6 Å². The summed E-state index contributed by atoms with van der Waals surface area (Å²) < 4.78 is 27.9. The Kier molecular flexibility index (Phi) is 2.80. The Balaban J connectivity index is 2.25. The van der Waals surface area contributed by atoms with Gasteiger partial charge in [0, 0.05) is 5.02 Å². The average Bonchev–Trinajstić information content (AvgIpc) is 2.75. The van der Waals surface area contributed by atoms with Gasteiger partial charge < -0.3 is 4.18 Å². The lowest BCUT2D eigenvalue weighted by atomic mass is 10.3. The summed E-state index contributed by atoms with van der Waals surface area (Å²) in [7, 11) is -3.96. The number of aromatic amines is 1. The van der Waals surface area contributed by atoms with E-state index in [0.29, 0.717) is 5.02 Å². The van der Waals surface area contributed by atoms with Crippen LogP contribution in [0.4, 0.5) is 0 Å². The lowest BCUT2D eigenvalue weighted by Crippen LogP contribution is -2.11. The van der Waals surface area contributed by atoms with E-state index in [4.69, 9.17) is 15.8 Å². The fraction of sp³-hybridized carbons (Fsp3) is 0. The number of aromatic nitrogens is 3. The number of hydrogen-bond donors (Lipinski definition) is 1. The Morgan fingerprint density at radius 3 is 2.50 bits per heavy atom. The van der Waals surface area contributed by atoms with Gasteiger partial charge in [0.25, 0.3) is 5.16 Å². The monoisotopic (exact) mass is 259 g/mol. The molecule has 0 aliphatic carbocycles. The topological polar surface area (TPSA) is 84.9 Å². The fourth-order valence-electron chi connectivity index (χ4n) is 0.971. The van der Waals surface area contributed by atoms with Crippen molar-refractivity contribution in [1.29, 1.82) is 0 Å². The molecule has 0 saturated heterocycles. The molecule has 16 heavy (non-hydrogen) atoms. The predicted molar refractivity (Wildman–Crippen MR) is 55.6 cm³/mol. The molecule has 0 bridgehead atoms. The summed E-state index contributed by atoms with van der Waals surface area (Å²) in [5, 5.41) is 5.78. The highest BCUT2D eigenvalue weighted by molar-refractivity contribution is 7.86. The predicted octanol–water partition coefficient (Wildman–Crippen LogP) is 1.23. The molecule has 1 N–H and O–H groups in total. The molecule has 0 fully saturated rings. The number of benzene rings is 1. The van der Waals surface area contributed by atoms with Crippen molar-refractivity contribution in [2.75, 3.05) is 0 Å². The van der Waals surface area contributed by atoms with Crippen LogP contribution in [0.2, 0.25) is 5.02 Å². The lowest BCUT2D eigenvalue weighted by molar-refractivity contribution is 0.478. The molecule has 1 aromatic carbocycles. The smallest absolute Gasteiger partial charge is 0.374 e. The molecule has 0 atom stereocenters. The number of nitrogens with one attached hydrogen (secondary N) is 1. The first-order valence-corrected chi connectivity index (χ1v) is 5.92. The Bertz CT molecular complexity index is 565. The molecule has 0 unspecified atom stereocenters. The summed E-state index contributed by atoms with van der Waals surface area (Å²) in [6, 6.07) is 5.92. The van der Waals surface area contributed by atoms with Crippen molar-refractivity contribution in [3.8, 4) is 5.75 Å². The summed E-state index contributed by atoms with van der Waals surface area (Å²) in [5.74, 6) is 0.154. The third-order valence-corrected chi connectivity index (χ3v) is 2.98. The number of H-pyrrole nitrogens is 1. The van der Waals surface area contributed by atoms with E-state index in [2.05, 4.69) is 15.2 Å². The van der Waals surface area contributed by atoms with Crippen molar-refractivity contribution in [3.63, 3.8) is 0 Å². The van der Waals surface area contributed by atoms with Crippen molar-refractivity contribution >= 4 is 21.7 Å². The van der Waals surface area contributed by atoms with Crippen molar-refractivity contribution in [2.45, 2.75) is 5.16 Å². The number of hydrogen-bond acceptors (Lipinski definition) is 5. The maximum Gasteiger partial charge on any atom is 0.374 e. The number of halogens is 1. The lowest BCUT2D eigenvalue weighted by Gasteiger charge is -2.03. The highest BCUT2D eigenvalue weighted by atomic mass is 35.5. The molecule has 2 rings (SSSR count). The second kappa shape index (κ2) is 4.11. The highest BCUT2D eigenvalue weighted by Crippen LogP contribution is 2.18. The van der Waals surface area contributed by atoms with Crippen LogP contribution in [0.1, 0.15) is 0 Å². The van der Waals surface area contributed by atoms with E-state index in [9.17, 15) is 8.42 Å². The minimum absolute atomic E-state index is 0.154. The third kappa shape index (κ3) is 2.31. The summed E-state index contributed by atoms with van der Waals surface area (Å²) in [4.78, 5) is 3.50. The molecule has 1 aromatic heterocycles. The zero-order chi connectivity index (χ0) is 11.6. The van der Waals surface area contributed by atoms with Crippen molar-refractivity contribution in [1.82, 2.24) is 15.2 Å². The molecule has 0 saturated carbocycles. The first-order chi connectivity index (χ1) is 7.58. The Labute approximate surface area is 96.4 Å². The molecular weight excluding hydrogens is 254 g/mol. The van der Waals surface area contributed by atoms with E-state index in [1.165, 1.54) is 24.3 Å². The normalized spacial score (nSPS) is 11.3. The molecule has 0 aliphatic rings. The van der Waals surface area contributed by atoms with Crippen molar-refractivity contribution in [3.05, 3.63) is 35.6 Å². The fourth-order valence-corrected chi connectivity index (χ4v) is 1.88. The van der Waals surface area contributed by atoms with Crippen LogP contribution in [0, 0.1) is 0 Å². The Hall–Kier alpha value is -1.60. The van der Waals surface area contributed by atoms with Gasteiger partial charge in [-0.15, -0.1) is 0 Å². The first kappa shape index (κ1) is 10.9. The quantitative estimate of drug-likeness (QED) is 0.838. The summed E-state index contributed by atoms with van der Waals surface area (Å²) in [6.45, 7) is 0. The SMILES string of the molecule is O=S(=O)(Oc1ccc(Cl)cc1)c1ncn[nH]1. The zero-order valence-electron chi connectivity index (χ0n) is 7.79. The minimum Gasteiger partial charge on any atom is -0.377 e. The maximum absolute atomic E-state index is 11.6. The molecule has 2 aromatic rings. The number of rotatable bonds is 3. The molecule has 84 valence electrons. The van der Waals surface area contributed by atoms with E-state index in [-0.39, 0.29) is 10.9 Å². The Morgan fingerprint density at radius 1 is 1.25 bits per heavy atom. The van der Waals surface area contributed by atoms with Gasteiger partial charge in [-0.05, 0) is 24.3 Å². The molecule has 1 heterocycles. The molecule has 0 aliphatic heterocycles. The minimum atomic E-state index is -3.96. The van der Waals surface area contributed by atoms with Gasteiger partial charge in [0.15, 0.2) is 0 Å². The zero-order valence-corrected chi connectivity index (χ0v) is 9.36. The molecule has 8 heteroatoms. The van der Waals surface area contributed by atoms with E-state index < -0.39 is 10.1 Å². The van der Waals surface area contributed by atoms with Crippen molar-refractivity contribution < 1.29 is 12.6 Å². The molecule has 6 nitrogen and oxygen atoms in total. The van der Waals surface area contributed by atoms with E-state index in [1.54, 1.807) is 0 Å². The third-order valence-electron chi connectivity index (χ3n) is 1.65. The van der Waals surface area contributed by atoms with Gasteiger partial charge in [-0.3, -0.25) is 0 Å². The standard InChI is InChI=1S/C8H6ClN3O3S/c9-6-1-3-7(4-2-6)15-16(13,14)8-10-5-11-12-8/h1-5H,(H,10,11,12). The van der Waals surface area contributed by atoms with Gasteiger partial charge in [0.1, 0.15) is 12.1 Å². The average molecular weight is 260 g/mol. The van der Waals surface area contributed by atoms with E-state index >= 15 is 0 Å². The van der Waals surface area contributed by atoms with Gasteiger partial charge in [0.05, 0.1) is 0 Å². The van der Waals surface area contributed by atoms with Crippen LogP contribution in [0.25, 0.3) is 0 Å². The van der Waals surface area contributed by atoms with Crippen LogP contribution in [0.5, 0.6) is 5.75 Å². The maximum atomic E-state index is 11.6. The van der Waals surface area contributed by atoms with Gasteiger partial charge in [-0.1, -0.05) is 11.6 Å². The molecule has 0 radical (unpaired) electrons. The molecule has 0 spiro atoms. The highest BCUT2D eigenvalue weighted by Gasteiger charge is 2.19.